The quantitative estimate of drug-likeness (QED) is 0.320. The van der Waals surface area contributed by atoms with Crippen LogP contribution in [0.1, 0.15) is 5.56 Å². The van der Waals surface area contributed by atoms with E-state index in [1.165, 1.54) is 18.2 Å². The van der Waals surface area contributed by atoms with Gasteiger partial charge in [-0.05, 0) is 79.2 Å². The van der Waals surface area contributed by atoms with Gasteiger partial charge in [0, 0.05) is 11.4 Å². The van der Waals surface area contributed by atoms with Crippen molar-refractivity contribution in [2.45, 2.75) is 11.8 Å². The molecule has 0 heterocycles. The highest BCUT2D eigenvalue weighted by molar-refractivity contribution is 7.92. The molecule has 178 valence electrons. The van der Waals surface area contributed by atoms with Crippen molar-refractivity contribution in [1.29, 1.82) is 0 Å². The van der Waals surface area contributed by atoms with Gasteiger partial charge in [0.25, 0.3) is 15.9 Å². The summed E-state index contributed by atoms with van der Waals surface area (Å²) in [5.74, 6) is 1.45. The zero-order valence-corrected chi connectivity index (χ0v) is 19.8. The fraction of sp³-hybridized carbons (Fsp3) is 0.0741. The van der Waals surface area contributed by atoms with Crippen molar-refractivity contribution >= 4 is 27.3 Å². The molecule has 0 radical (unpaired) electrons. The number of hydrogen-bond acceptors (Lipinski definition) is 5. The molecule has 0 saturated heterocycles. The molecule has 0 atom stereocenters. The second kappa shape index (κ2) is 10.8. The number of hydrogen-bond donors (Lipinski definition) is 2. The predicted molar refractivity (Wildman–Crippen MR) is 136 cm³/mol. The van der Waals surface area contributed by atoms with Gasteiger partial charge in [0.15, 0.2) is 6.61 Å². The van der Waals surface area contributed by atoms with Crippen LogP contribution in [-0.4, -0.2) is 20.9 Å². The average molecular weight is 489 g/mol. The Balaban J connectivity index is 1.31. The summed E-state index contributed by atoms with van der Waals surface area (Å²) in [5, 5.41) is 2.76. The first-order valence-electron chi connectivity index (χ1n) is 10.8. The van der Waals surface area contributed by atoms with E-state index in [-0.39, 0.29) is 17.4 Å². The van der Waals surface area contributed by atoms with Crippen LogP contribution in [0, 0.1) is 6.92 Å². The van der Waals surface area contributed by atoms with E-state index < -0.39 is 10.0 Å². The van der Waals surface area contributed by atoms with Crippen molar-refractivity contribution in [2.24, 2.45) is 0 Å². The normalized spacial score (nSPS) is 10.9. The molecule has 0 aliphatic carbocycles. The third-order valence-electron chi connectivity index (χ3n) is 4.96. The molecule has 0 bridgehead atoms. The molecule has 35 heavy (non-hydrogen) atoms. The molecule has 4 aromatic rings. The van der Waals surface area contributed by atoms with E-state index in [0.717, 1.165) is 5.75 Å². The molecular formula is C27H24N2O5S. The van der Waals surface area contributed by atoms with Crippen LogP contribution in [0.5, 0.6) is 17.2 Å². The van der Waals surface area contributed by atoms with E-state index in [2.05, 4.69) is 10.0 Å². The van der Waals surface area contributed by atoms with E-state index in [1.54, 1.807) is 61.5 Å². The summed E-state index contributed by atoms with van der Waals surface area (Å²) in [5.41, 5.74) is 1.67. The van der Waals surface area contributed by atoms with Gasteiger partial charge in [-0.25, -0.2) is 8.42 Å². The summed E-state index contributed by atoms with van der Waals surface area (Å²) in [6, 6.07) is 29.5. The number of amides is 1. The van der Waals surface area contributed by atoms with Crippen LogP contribution in [0.25, 0.3) is 0 Å². The molecule has 0 unspecified atom stereocenters. The first-order valence-corrected chi connectivity index (χ1v) is 12.3. The molecule has 7 nitrogen and oxygen atoms in total. The van der Waals surface area contributed by atoms with Crippen molar-refractivity contribution in [3.8, 4) is 17.2 Å². The van der Waals surface area contributed by atoms with E-state index in [1.807, 2.05) is 30.3 Å². The molecule has 0 aromatic heterocycles. The lowest BCUT2D eigenvalue weighted by molar-refractivity contribution is -0.118. The lowest BCUT2D eigenvalue weighted by atomic mass is 10.2. The third-order valence-corrected chi connectivity index (χ3v) is 6.34. The topological polar surface area (TPSA) is 93.7 Å². The maximum atomic E-state index is 12.6. The number of nitrogens with one attached hydrogen (secondary N) is 2. The van der Waals surface area contributed by atoms with Crippen LogP contribution in [0.2, 0.25) is 0 Å². The van der Waals surface area contributed by atoms with Crippen LogP contribution in [0.15, 0.2) is 108 Å². The van der Waals surface area contributed by atoms with Gasteiger partial charge < -0.3 is 14.8 Å². The summed E-state index contributed by atoms with van der Waals surface area (Å²) in [6.07, 6.45) is 0. The number of sulfonamides is 1. The minimum Gasteiger partial charge on any atom is -0.483 e. The molecular weight excluding hydrogens is 464 g/mol. The van der Waals surface area contributed by atoms with Gasteiger partial charge in [0.1, 0.15) is 17.2 Å². The van der Waals surface area contributed by atoms with E-state index in [0.29, 0.717) is 28.4 Å². The van der Waals surface area contributed by atoms with Gasteiger partial charge in [-0.15, -0.1) is 0 Å². The highest BCUT2D eigenvalue weighted by Crippen LogP contribution is 2.25. The van der Waals surface area contributed by atoms with Crippen LogP contribution in [-0.2, 0) is 14.8 Å². The fourth-order valence-electron chi connectivity index (χ4n) is 3.24. The van der Waals surface area contributed by atoms with E-state index in [4.69, 9.17) is 9.47 Å². The van der Waals surface area contributed by atoms with Gasteiger partial charge >= 0.3 is 0 Å². The van der Waals surface area contributed by atoms with Gasteiger partial charge in [-0.3, -0.25) is 9.52 Å². The van der Waals surface area contributed by atoms with E-state index >= 15 is 0 Å². The van der Waals surface area contributed by atoms with Crippen molar-refractivity contribution in [3.05, 3.63) is 109 Å². The van der Waals surface area contributed by atoms with Crippen molar-refractivity contribution < 1.29 is 22.7 Å². The highest BCUT2D eigenvalue weighted by Gasteiger charge is 2.16. The minimum absolute atomic E-state index is 0.105. The minimum atomic E-state index is -3.74. The van der Waals surface area contributed by atoms with Crippen molar-refractivity contribution in [2.75, 3.05) is 16.6 Å². The van der Waals surface area contributed by atoms with Gasteiger partial charge in [0.2, 0.25) is 0 Å². The summed E-state index contributed by atoms with van der Waals surface area (Å²) >= 11 is 0. The summed E-state index contributed by atoms with van der Waals surface area (Å²) < 4.78 is 39.2. The van der Waals surface area contributed by atoms with Gasteiger partial charge in [0.05, 0.1) is 4.90 Å². The molecule has 2 N–H and O–H groups in total. The Kier molecular flexibility index (Phi) is 7.32. The smallest absolute Gasteiger partial charge is 0.262 e. The number of benzene rings is 4. The number of ether oxygens (including phenoxy) is 2. The molecule has 0 aliphatic rings. The summed E-state index contributed by atoms with van der Waals surface area (Å²) in [6.45, 7) is 1.50. The van der Waals surface area contributed by atoms with Crippen molar-refractivity contribution in [1.82, 2.24) is 0 Å². The Morgan fingerprint density at radius 1 is 0.771 bits per heavy atom. The number of para-hydroxylation sites is 2. The van der Waals surface area contributed by atoms with Gasteiger partial charge in [-0.2, -0.15) is 0 Å². The molecule has 0 saturated carbocycles. The molecule has 4 aromatic carbocycles. The van der Waals surface area contributed by atoms with Crippen LogP contribution in [0.4, 0.5) is 11.4 Å². The number of carbonyl (C=O) groups excluding carboxylic acids is 1. The number of anilines is 2. The zero-order valence-electron chi connectivity index (χ0n) is 19.0. The Bertz CT molecular complexity index is 1390. The molecule has 1 amide bonds. The maximum absolute atomic E-state index is 12.6. The SMILES string of the molecule is Cc1cc(S(=O)(=O)Nc2ccccc2)ccc1OCC(=O)Nc1ccc(Oc2ccccc2)cc1. The highest BCUT2D eigenvalue weighted by atomic mass is 32.2. The summed E-state index contributed by atoms with van der Waals surface area (Å²) in [4.78, 5) is 12.4. The Morgan fingerprint density at radius 2 is 1.40 bits per heavy atom. The lowest BCUT2D eigenvalue weighted by Crippen LogP contribution is -2.20. The molecule has 0 aliphatic heterocycles. The van der Waals surface area contributed by atoms with E-state index in [9.17, 15) is 13.2 Å². The average Bonchev–Trinajstić information content (AvgIpc) is 2.85. The van der Waals surface area contributed by atoms with Crippen LogP contribution >= 0.6 is 0 Å². The number of carbonyl (C=O) groups is 1. The Hall–Kier alpha value is -4.30. The zero-order chi connectivity index (χ0) is 24.7. The molecule has 0 fully saturated rings. The Labute approximate surface area is 204 Å². The molecule has 8 heteroatoms. The standard InChI is InChI=1S/C27H24N2O5S/c1-20-18-25(35(31,32)29-22-8-4-2-5-9-22)16-17-26(20)33-19-27(30)28-21-12-14-24(15-13-21)34-23-10-6-3-7-11-23/h2-18,29H,19H2,1H3,(H,28,30). The maximum Gasteiger partial charge on any atom is 0.262 e. The summed E-state index contributed by atoms with van der Waals surface area (Å²) in [7, 11) is -3.74. The van der Waals surface area contributed by atoms with Crippen LogP contribution in [0.3, 0.4) is 0 Å². The van der Waals surface area contributed by atoms with Gasteiger partial charge in [-0.1, -0.05) is 36.4 Å². The monoisotopic (exact) mass is 488 g/mol. The van der Waals surface area contributed by atoms with Crippen molar-refractivity contribution in [3.63, 3.8) is 0 Å². The second-order valence-corrected chi connectivity index (χ2v) is 9.36. The first-order chi connectivity index (χ1) is 16.9. The van der Waals surface area contributed by atoms with Crippen LogP contribution < -0.4 is 19.5 Å². The number of rotatable bonds is 9. The molecule has 4 rings (SSSR count). The number of aryl methyl sites for hydroxylation is 1. The second-order valence-electron chi connectivity index (χ2n) is 7.68. The lowest BCUT2D eigenvalue weighted by Gasteiger charge is -2.12. The largest absolute Gasteiger partial charge is 0.483 e. The molecule has 0 spiro atoms. The predicted octanol–water partition coefficient (Wildman–Crippen LogP) is 5.61. The Morgan fingerprint density at radius 3 is 2.06 bits per heavy atom. The third kappa shape index (κ3) is 6.61. The first kappa shape index (κ1) is 23.8. The fourth-order valence-corrected chi connectivity index (χ4v) is 4.39.